The number of likely N-dealkylation sites (tertiary alicyclic amines) is 1. The highest BCUT2D eigenvalue weighted by atomic mass is 16.3. The summed E-state index contributed by atoms with van der Waals surface area (Å²) < 4.78 is 0. The van der Waals surface area contributed by atoms with E-state index in [1.54, 1.807) is 7.05 Å². The molecule has 3 N–H and O–H groups in total. The van der Waals surface area contributed by atoms with E-state index in [2.05, 4.69) is 10.2 Å². The zero-order valence-electron chi connectivity index (χ0n) is 9.20. The van der Waals surface area contributed by atoms with E-state index in [-0.39, 0.29) is 17.4 Å². The van der Waals surface area contributed by atoms with E-state index in [0.29, 0.717) is 6.54 Å². The Hall–Kier alpha value is -2.02. The van der Waals surface area contributed by atoms with E-state index in [1.165, 1.54) is 12.2 Å². The first-order chi connectivity index (χ1) is 7.99. The molecule has 0 spiro atoms. The minimum atomic E-state index is -0.961. The van der Waals surface area contributed by atoms with Crippen LogP contribution in [0.1, 0.15) is 0 Å². The molecule has 2 rings (SSSR count). The highest BCUT2D eigenvalue weighted by Gasteiger charge is 2.36. The molecule has 0 aromatic rings. The van der Waals surface area contributed by atoms with E-state index < -0.39 is 12.1 Å². The number of β-amino-alcohol motifs (C(OH)–C–C–N with tert-alkyl or cyclic N) is 1. The average molecular weight is 236 g/mol. The van der Waals surface area contributed by atoms with Gasteiger partial charge in [0.1, 0.15) is 5.70 Å². The van der Waals surface area contributed by atoms with Crippen molar-refractivity contribution in [2.24, 2.45) is 21.9 Å². The first-order valence-corrected chi connectivity index (χ1v) is 5.07. The van der Waals surface area contributed by atoms with Crippen molar-refractivity contribution in [3.05, 3.63) is 23.5 Å². The number of carbonyl (C=O) groups is 2. The molecular weight excluding hydrogens is 224 g/mol. The van der Waals surface area contributed by atoms with Crippen LogP contribution < -0.4 is 5.73 Å². The number of amides is 2. The third-order valence-electron chi connectivity index (χ3n) is 2.78. The molecule has 17 heavy (non-hydrogen) atoms. The summed E-state index contributed by atoms with van der Waals surface area (Å²) in [6.45, 7) is 0.459. The van der Waals surface area contributed by atoms with E-state index in [9.17, 15) is 14.7 Å². The lowest BCUT2D eigenvalue weighted by Crippen LogP contribution is -2.19. The van der Waals surface area contributed by atoms with Crippen molar-refractivity contribution >= 4 is 11.8 Å². The number of allylic oxidation sites excluding steroid dienone is 1. The Labute approximate surface area is 97.3 Å². The maximum Gasteiger partial charge on any atom is 0.356 e. The molecule has 0 aromatic carbocycles. The number of aliphatic hydroxyl groups is 1. The molecule has 0 saturated carbocycles. The minimum absolute atomic E-state index is 0.0342. The predicted octanol–water partition coefficient (Wildman–Crippen LogP) is -0.210. The lowest BCUT2D eigenvalue weighted by molar-refractivity contribution is -0.111. The van der Waals surface area contributed by atoms with Crippen LogP contribution in [0.5, 0.6) is 0 Å². The number of nitrogens with two attached hydrogens (primary N) is 1. The largest absolute Gasteiger partial charge is 0.390 e. The maximum atomic E-state index is 11.6. The van der Waals surface area contributed by atoms with Gasteiger partial charge in [-0.1, -0.05) is 5.11 Å². The Bertz CT molecular complexity index is 466. The number of azo groups is 1. The van der Waals surface area contributed by atoms with E-state index in [1.807, 2.05) is 4.90 Å². The highest BCUT2D eigenvalue weighted by molar-refractivity contribution is 6.05. The summed E-state index contributed by atoms with van der Waals surface area (Å²) in [5, 5.41) is 16.4. The number of hydrogen-bond donors (Lipinski definition) is 2. The third-order valence-corrected chi connectivity index (χ3v) is 2.78. The van der Waals surface area contributed by atoms with Gasteiger partial charge in [-0.15, -0.1) is 5.11 Å². The maximum absolute atomic E-state index is 11.6. The molecule has 0 aromatic heterocycles. The molecule has 2 amide bonds. The SMILES string of the molecule is CN1C[C@@H](O)C2C=C(N=NC(N)=O)C(=O)C=C21. The van der Waals surface area contributed by atoms with Crippen LogP contribution in [-0.4, -0.2) is 41.5 Å². The van der Waals surface area contributed by atoms with Crippen LogP contribution in [0.2, 0.25) is 0 Å². The summed E-state index contributed by atoms with van der Waals surface area (Å²) in [5.41, 5.74) is 5.58. The number of likely N-dealkylation sites (N-methyl/N-ethyl adjacent to an activating group) is 1. The standard InChI is InChI=1S/C10H12N4O3/c1-14-4-9(16)5-2-6(12-13-10(11)17)8(15)3-7(5)14/h2-3,5,9,16H,4H2,1H3,(H2,11,17)/t5?,9-/m1/s1. The summed E-state index contributed by atoms with van der Waals surface area (Å²) >= 11 is 0. The van der Waals surface area contributed by atoms with Crippen LogP contribution in [0.3, 0.4) is 0 Å². The van der Waals surface area contributed by atoms with E-state index in [0.717, 1.165) is 5.70 Å². The summed E-state index contributed by atoms with van der Waals surface area (Å²) in [7, 11) is 1.80. The topological polar surface area (TPSA) is 108 Å². The van der Waals surface area contributed by atoms with Crippen molar-refractivity contribution in [2.75, 3.05) is 13.6 Å². The fourth-order valence-electron chi connectivity index (χ4n) is 2.00. The molecule has 2 aliphatic rings. The lowest BCUT2D eigenvalue weighted by atomic mass is 9.95. The lowest BCUT2D eigenvalue weighted by Gasteiger charge is -2.18. The molecule has 2 atom stereocenters. The van der Waals surface area contributed by atoms with Gasteiger partial charge in [0.15, 0.2) is 0 Å². The Morgan fingerprint density at radius 2 is 2.35 bits per heavy atom. The van der Waals surface area contributed by atoms with Crippen molar-refractivity contribution < 1.29 is 14.7 Å². The van der Waals surface area contributed by atoms with Crippen molar-refractivity contribution in [3.8, 4) is 0 Å². The first-order valence-electron chi connectivity index (χ1n) is 5.07. The number of hydrogen-bond acceptors (Lipinski definition) is 5. The Kier molecular flexibility index (Phi) is 2.76. The fraction of sp³-hybridized carbons (Fsp3) is 0.400. The number of urea groups is 1. The van der Waals surface area contributed by atoms with Gasteiger partial charge in [0.05, 0.1) is 6.10 Å². The van der Waals surface area contributed by atoms with Gasteiger partial charge in [0.2, 0.25) is 5.78 Å². The zero-order valence-corrected chi connectivity index (χ0v) is 9.20. The fourth-order valence-corrected chi connectivity index (χ4v) is 2.00. The zero-order chi connectivity index (χ0) is 12.6. The van der Waals surface area contributed by atoms with Gasteiger partial charge in [0, 0.05) is 31.3 Å². The molecule has 1 aliphatic carbocycles. The predicted molar refractivity (Wildman–Crippen MR) is 57.7 cm³/mol. The number of aliphatic hydroxyl groups excluding tert-OH is 1. The summed E-state index contributed by atoms with van der Waals surface area (Å²) in [6, 6.07) is -0.961. The Morgan fingerprint density at radius 3 is 3.00 bits per heavy atom. The van der Waals surface area contributed by atoms with Gasteiger partial charge in [-0.3, -0.25) is 4.79 Å². The van der Waals surface area contributed by atoms with Crippen LogP contribution >= 0.6 is 0 Å². The number of ketones is 1. The number of nitrogens with zero attached hydrogens (tertiary/aromatic N) is 3. The molecule has 0 bridgehead atoms. The number of carbonyl (C=O) groups excluding carboxylic acids is 2. The third kappa shape index (κ3) is 2.09. The van der Waals surface area contributed by atoms with Crippen molar-refractivity contribution in [2.45, 2.75) is 6.10 Å². The van der Waals surface area contributed by atoms with Gasteiger partial charge in [-0.05, 0) is 6.08 Å². The smallest absolute Gasteiger partial charge is 0.356 e. The van der Waals surface area contributed by atoms with Crippen molar-refractivity contribution in [3.63, 3.8) is 0 Å². The van der Waals surface area contributed by atoms with E-state index >= 15 is 0 Å². The first kappa shape index (κ1) is 11.5. The van der Waals surface area contributed by atoms with Gasteiger partial charge < -0.3 is 15.7 Å². The second-order valence-corrected chi connectivity index (χ2v) is 4.00. The summed E-state index contributed by atoms with van der Waals surface area (Å²) in [5.74, 6) is -0.623. The van der Waals surface area contributed by atoms with Crippen molar-refractivity contribution in [1.82, 2.24) is 4.90 Å². The number of primary amides is 1. The second-order valence-electron chi connectivity index (χ2n) is 4.00. The quantitative estimate of drug-likeness (QED) is 0.614. The molecule has 1 unspecified atom stereocenters. The van der Waals surface area contributed by atoms with Crippen LogP contribution in [0, 0.1) is 5.92 Å². The van der Waals surface area contributed by atoms with Gasteiger partial charge in [0.25, 0.3) is 0 Å². The molecular formula is C10H12N4O3. The molecule has 0 radical (unpaired) electrons. The van der Waals surface area contributed by atoms with Crippen LogP contribution in [0.4, 0.5) is 4.79 Å². The average Bonchev–Trinajstić information content (AvgIpc) is 2.51. The highest BCUT2D eigenvalue weighted by Crippen LogP contribution is 2.32. The Balaban J connectivity index is 2.28. The Morgan fingerprint density at radius 1 is 1.65 bits per heavy atom. The molecule has 7 heteroatoms. The van der Waals surface area contributed by atoms with Gasteiger partial charge in [-0.25, -0.2) is 4.79 Å². The van der Waals surface area contributed by atoms with E-state index in [4.69, 9.17) is 5.73 Å². The van der Waals surface area contributed by atoms with Gasteiger partial charge in [-0.2, -0.15) is 0 Å². The van der Waals surface area contributed by atoms with Crippen LogP contribution in [0.15, 0.2) is 33.8 Å². The number of fused-ring (bicyclic) bond motifs is 1. The van der Waals surface area contributed by atoms with Crippen LogP contribution in [0.25, 0.3) is 0 Å². The molecule has 1 aliphatic heterocycles. The van der Waals surface area contributed by atoms with Crippen molar-refractivity contribution in [1.29, 1.82) is 0 Å². The minimum Gasteiger partial charge on any atom is -0.390 e. The summed E-state index contributed by atoms with van der Waals surface area (Å²) in [4.78, 5) is 23.9. The molecule has 7 nitrogen and oxygen atoms in total. The second kappa shape index (κ2) is 4.10. The molecule has 90 valence electrons. The van der Waals surface area contributed by atoms with Crippen LogP contribution in [-0.2, 0) is 4.79 Å². The monoisotopic (exact) mass is 236 g/mol. The molecule has 1 heterocycles. The molecule has 1 saturated heterocycles. The summed E-state index contributed by atoms with van der Waals surface area (Å²) in [6.07, 6.45) is 2.33. The normalized spacial score (nSPS) is 28.1. The van der Waals surface area contributed by atoms with Gasteiger partial charge >= 0.3 is 6.03 Å². The molecule has 1 fully saturated rings. The number of rotatable bonds is 1.